The maximum absolute atomic E-state index is 4.66. The van der Waals surface area contributed by atoms with Crippen molar-refractivity contribution in [2.24, 2.45) is 0 Å². The van der Waals surface area contributed by atoms with E-state index >= 15 is 0 Å². The minimum Gasteiger partial charge on any atom is -0.315 e. The molecule has 2 aromatic rings. The SMILES string of the molecule is c1csc(-c2ccn(C3CCCNC3)n2)c1. The maximum Gasteiger partial charge on any atom is 0.102 e. The van der Waals surface area contributed by atoms with Crippen molar-refractivity contribution in [1.82, 2.24) is 15.1 Å². The van der Waals surface area contributed by atoms with Gasteiger partial charge in [-0.2, -0.15) is 5.10 Å². The largest absolute Gasteiger partial charge is 0.315 e. The fourth-order valence-electron chi connectivity index (χ4n) is 2.16. The molecular weight excluding hydrogens is 218 g/mol. The Morgan fingerprint density at radius 1 is 1.44 bits per heavy atom. The van der Waals surface area contributed by atoms with E-state index in [9.17, 15) is 0 Å². The second-order valence-electron chi connectivity index (χ2n) is 4.16. The molecule has 0 saturated carbocycles. The summed E-state index contributed by atoms with van der Waals surface area (Å²) in [5, 5.41) is 10.2. The zero-order valence-corrected chi connectivity index (χ0v) is 9.91. The molecule has 1 unspecified atom stereocenters. The molecule has 0 bridgehead atoms. The van der Waals surface area contributed by atoms with Crippen molar-refractivity contribution < 1.29 is 0 Å². The smallest absolute Gasteiger partial charge is 0.102 e. The summed E-state index contributed by atoms with van der Waals surface area (Å²) in [6.07, 6.45) is 4.59. The van der Waals surface area contributed by atoms with E-state index in [1.807, 2.05) is 0 Å². The van der Waals surface area contributed by atoms with Crippen LogP contribution < -0.4 is 5.32 Å². The summed E-state index contributed by atoms with van der Waals surface area (Å²) < 4.78 is 2.11. The lowest BCUT2D eigenvalue weighted by Gasteiger charge is -2.22. The molecule has 1 saturated heterocycles. The number of nitrogens with zero attached hydrogens (tertiary/aromatic N) is 2. The van der Waals surface area contributed by atoms with Crippen LogP contribution in [0, 0.1) is 0 Å². The van der Waals surface area contributed by atoms with Gasteiger partial charge in [0.2, 0.25) is 0 Å². The Labute approximate surface area is 99.1 Å². The van der Waals surface area contributed by atoms with E-state index in [2.05, 4.69) is 44.9 Å². The summed E-state index contributed by atoms with van der Waals surface area (Å²) in [7, 11) is 0. The molecule has 3 rings (SSSR count). The zero-order chi connectivity index (χ0) is 10.8. The van der Waals surface area contributed by atoms with E-state index in [0.717, 1.165) is 18.8 Å². The minimum atomic E-state index is 0.530. The summed E-state index contributed by atoms with van der Waals surface area (Å²) in [6, 6.07) is 6.83. The lowest BCUT2D eigenvalue weighted by molar-refractivity contribution is 0.347. The predicted molar refractivity (Wildman–Crippen MR) is 66.7 cm³/mol. The lowest BCUT2D eigenvalue weighted by Crippen LogP contribution is -2.31. The monoisotopic (exact) mass is 233 g/mol. The molecule has 3 heterocycles. The van der Waals surface area contributed by atoms with E-state index in [-0.39, 0.29) is 0 Å². The van der Waals surface area contributed by atoms with Gasteiger partial charge in [0.05, 0.1) is 10.9 Å². The van der Waals surface area contributed by atoms with Gasteiger partial charge in [-0.15, -0.1) is 11.3 Å². The highest BCUT2D eigenvalue weighted by Crippen LogP contribution is 2.24. The normalized spacial score (nSPS) is 21.1. The fraction of sp³-hybridized carbons (Fsp3) is 0.417. The summed E-state index contributed by atoms with van der Waals surface area (Å²) >= 11 is 1.74. The Bertz CT molecular complexity index is 441. The number of hydrogen-bond donors (Lipinski definition) is 1. The third kappa shape index (κ3) is 1.90. The van der Waals surface area contributed by atoms with Gasteiger partial charge in [0, 0.05) is 12.7 Å². The van der Waals surface area contributed by atoms with Gasteiger partial charge >= 0.3 is 0 Å². The average Bonchev–Trinajstić information content (AvgIpc) is 3.01. The highest BCUT2D eigenvalue weighted by Gasteiger charge is 2.15. The molecule has 1 N–H and O–H groups in total. The molecule has 0 aromatic carbocycles. The number of thiophene rings is 1. The van der Waals surface area contributed by atoms with E-state index in [1.54, 1.807) is 11.3 Å². The van der Waals surface area contributed by atoms with Crippen molar-refractivity contribution in [1.29, 1.82) is 0 Å². The average molecular weight is 233 g/mol. The summed E-state index contributed by atoms with van der Waals surface area (Å²) in [5.41, 5.74) is 1.10. The third-order valence-corrected chi connectivity index (χ3v) is 3.92. The van der Waals surface area contributed by atoms with Crippen LogP contribution in [0.5, 0.6) is 0 Å². The van der Waals surface area contributed by atoms with Crippen molar-refractivity contribution in [3.05, 3.63) is 29.8 Å². The van der Waals surface area contributed by atoms with Crippen LogP contribution in [0.2, 0.25) is 0 Å². The molecule has 16 heavy (non-hydrogen) atoms. The van der Waals surface area contributed by atoms with Gasteiger partial charge in [-0.25, -0.2) is 0 Å². The Kier molecular flexibility index (Phi) is 2.76. The molecule has 1 atom stereocenters. The van der Waals surface area contributed by atoms with E-state index in [4.69, 9.17) is 0 Å². The van der Waals surface area contributed by atoms with Crippen LogP contribution in [0.1, 0.15) is 18.9 Å². The first kappa shape index (κ1) is 10.1. The zero-order valence-electron chi connectivity index (χ0n) is 9.10. The predicted octanol–water partition coefficient (Wildman–Crippen LogP) is 2.54. The quantitative estimate of drug-likeness (QED) is 0.864. The van der Waals surface area contributed by atoms with Crippen LogP contribution in [0.4, 0.5) is 0 Å². The van der Waals surface area contributed by atoms with Crippen molar-refractivity contribution >= 4 is 11.3 Å². The van der Waals surface area contributed by atoms with Gasteiger partial charge < -0.3 is 5.32 Å². The van der Waals surface area contributed by atoms with E-state index in [0.29, 0.717) is 6.04 Å². The van der Waals surface area contributed by atoms with Crippen LogP contribution in [0.25, 0.3) is 10.6 Å². The Morgan fingerprint density at radius 3 is 3.19 bits per heavy atom. The molecule has 3 nitrogen and oxygen atoms in total. The standard InChI is InChI=1S/C12H15N3S/c1-3-10(9-13-6-1)15-7-5-11(14-15)12-4-2-8-16-12/h2,4-5,7-8,10,13H,1,3,6,9H2. The van der Waals surface area contributed by atoms with Gasteiger partial charge in [-0.1, -0.05) is 6.07 Å². The van der Waals surface area contributed by atoms with E-state index in [1.165, 1.54) is 17.7 Å². The Morgan fingerprint density at radius 2 is 2.44 bits per heavy atom. The summed E-state index contributed by atoms with van der Waals surface area (Å²) in [5.74, 6) is 0. The number of aromatic nitrogens is 2. The number of hydrogen-bond acceptors (Lipinski definition) is 3. The molecular formula is C12H15N3S. The van der Waals surface area contributed by atoms with Crippen molar-refractivity contribution in [3.63, 3.8) is 0 Å². The lowest BCUT2D eigenvalue weighted by atomic mass is 10.1. The highest BCUT2D eigenvalue weighted by atomic mass is 32.1. The van der Waals surface area contributed by atoms with Crippen LogP contribution in [0.15, 0.2) is 29.8 Å². The van der Waals surface area contributed by atoms with Gasteiger partial charge in [0.1, 0.15) is 5.69 Å². The Hall–Kier alpha value is -1.13. The molecule has 0 amide bonds. The number of piperidine rings is 1. The molecule has 84 valence electrons. The molecule has 0 spiro atoms. The fourth-order valence-corrected chi connectivity index (χ4v) is 2.85. The second kappa shape index (κ2) is 4.39. The van der Waals surface area contributed by atoms with Crippen LogP contribution >= 0.6 is 11.3 Å². The van der Waals surface area contributed by atoms with Gasteiger partial charge in [0.15, 0.2) is 0 Å². The van der Waals surface area contributed by atoms with Crippen LogP contribution in [-0.2, 0) is 0 Å². The molecule has 0 radical (unpaired) electrons. The third-order valence-electron chi connectivity index (χ3n) is 3.03. The van der Waals surface area contributed by atoms with Crippen molar-refractivity contribution in [3.8, 4) is 10.6 Å². The first-order valence-corrected chi connectivity index (χ1v) is 6.61. The minimum absolute atomic E-state index is 0.530. The Balaban J connectivity index is 1.82. The second-order valence-corrected chi connectivity index (χ2v) is 5.11. The molecule has 1 fully saturated rings. The topological polar surface area (TPSA) is 29.9 Å². The van der Waals surface area contributed by atoms with Gasteiger partial charge in [-0.05, 0) is 36.9 Å². The highest BCUT2D eigenvalue weighted by molar-refractivity contribution is 7.13. The number of nitrogens with one attached hydrogen (secondary N) is 1. The molecule has 2 aromatic heterocycles. The van der Waals surface area contributed by atoms with Crippen LogP contribution in [-0.4, -0.2) is 22.9 Å². The molecule has 1 aliphatic rings. The van der Waals surface area contributed by atoms with Crippen molar-refractivity contribution in [2.75, 3.05) is 13.1 Å². The summed E-state index contributed by atoms with van der Waals surface area (Å²) in [4.78, 5) is 1.25. The van der Waals surface area contributed by atoms with E-state index < -0.39 is 0 Å². The molecule has 4 heteroatoms. The maximum atomic E-state index is 4.66. The van der Waals surface area contributed by atoms with Crippen LogP contribution in [0.3, 0.4) is 0 Å². The number of rotatable bonds is 2. The molecule has 0 aliphatic carbocycles. The first-order valence-electron chi connectivity index (χ1n) is 5.73. The molecule has 1 aliphatic heterocycles. The van der Waals surface area contributed by atoms with Gasteiger partial charge in [0.25, 0.3) is 0 Å². The van der Waals surface area contributed by atoms with Gasteiger partial charge in [-0.3, -0.25) is 4.68 Å². The first-order chi connectivity index (χ1) is 7.93. The summed E-state index contributed by atoms with van der Waals surface area (Å²) in [6.45, 7) is 2.20. The van der Waals surface area contributed by atoms with Crippen molar-refractivity contribution in [2.45, 2.75) is 18.9 Å².